The largest absolute Gasteiger partial charge is 0.466 e. The van der Waals surface area contributed by atoms with Gasteiger partial charge in [0.2, 0.25) is 0 Å². The van der Waals surface area contributed by atoms with E-state index in [1.54, 1.807) is 13.8 Å². The molecule has 0 saturated heterocycles. The van der Waals surface area contributed by atoms with E-state index in [9.17, 15) is 36.0 Å². The molecule has 2 N–H and O–H groups in total. The molecule has 0 amide bonds. The number of unbranched alkanes of at least 4 members (excludes halogenated alkanes) is 2. The highest BCUT2D eigenvalue weighted by molar-refractivity contribution is 7.87. The third-order valence-corrected chi connectivity index (χ3v) is 6.75. The molecule has 0 fully saturated rings. The molecule has 2 unspecified atom stereocenters. The van der Waals surface area contributed by atoms with Gasteiger partial charge < -0.3 is 18.9 Å². The molecule has 0 rings (SSSR count). The first-order valence-corrected chi connectivity index (χ1v) is 15.9. The molecule has 0 aliphatic rings. The standard InChI is InChI=1S/2C12H22O7S/c1-8(2)6-18-11(13)5-10(20(15,16)17)12(14)19-7-9(3)4;1-3-5-7-18-11(13)9-10(20(15,16)17)12(14)19-8-6-4-2/h8-10H,5-7H2,1-4H3,(H,15,16,17);10H,3-9H2,1-2H3,(H,15,16,17). The quantitative estimate of drug-likeness (QED) is 0.0974. The Kier molecular flexibility index (Phi) is 20.5. The van der Waals surface area contributed by atoms with Crippen molar-refractivity contribution < 1.29 is 64.1 Å². The van der Waals surface area contributed by atoms with Gasteiger partial charge in [-0.15, -0.1) is 0 Å². The zero-order valence-electron chi connectivity index (χ0n) is 24.0. The number of ether oxygens (including phenoxy) is 4. The van der Waals surface area contributed by atoms with Gasteiger partial charge in [0, 0.05) is 0 Å². The Morgan fingerprint density at radius 3 is 1.32 bits per heavy atom. The first kappa shape index (κ1) is 39.8. The van der Waals surface area contributed by atoms with E-state index in [1.807, 2.05) is 27.7 Å². The molecule has 0 bridgehead atoms. The van der Waals surface area contributed by atoms with Crippen molar-refractivity contribution in [1.82, 2.24) is 0 Å². The van der Waals surface area contributed by atoms with Crippen molar-refractivity contribution in [3.05, 3.63) is 0 Å². The third-order valence-electron chi connectivity index (χ3n) is 4.59. The first-order chi connectivity index (χ1) is 18.4. The minimum absolute atomic E-state index is 0.00585. The van der Waals surface area contributed by atoms with Crippen LogP contribution in [0.15, 0.2) is 0 Å². The Balaban J connectivity index is 0. The molecule has 0 radical (unpaired) electrons. The molecule has 16 heteroatoms. The van der Waals surface area contributed by atoms with Gasteiger partial charge >= 0.3 is 23.9 Å². The molecule has 40 heavy (non-hydrogen) atoms. The third kappa shape index (κ3) is 20.6. The van der Waals surface area contributed by atoms with Crippen LogP contribution in [0, 0.1) is 11.8 Å². The molecule has 0 aromatic heterocycles. The van der Waals surface area contributed by atoms with Crippen molar-refractivity contribution in [2.45, 2.75) is 90.6 Å². The number of esters is 4. The van der Waals surface area contributed by atoms with Gasteiger partial charge in [-0.05, 0) is 24.7 Å². The molecule has 0 aromatic rings. The fourth-order valence-corrected chi connectivity index (χ4v) is 3.70. The van der Waals surface area contributed by atoms with Crippen LogP contribution in [0.3, 0.4) is 0 Å². The van der Waals surface area contributed by atoms with E-state index in [0.717, 1.165) is 12.8 Å². The normalized spacial score (nSPS) is 13.1. The van der Waals surface area contributed by atoms with Crippen LogP contribution in [0.4, 0.5) is 0 Å². The summed E-state index contributed by atoms with van der Waals surface area (Å²) in [4.78, 5) is 46.0. The fourth-order valence-electron chi connectivity index (χ4n) is 2.38. The molecule has 0 aromatic carbocycles. The second-order valence-corrected chi connectivity index (χ2v) is 12.8. The van der Waals surface area contributed by atoms with Gasteiger partial charge in [-0.25, -0.2) is 0 Å². The average molecular weight is 621 g/mol. The SMILES string of the molecule is CC(C)COC(=O)CC(C(=O)OCC(C)C)S(=O)(=O)O.CCCCOC(=O)CC(C(=O)OCCCC)S(=O)(=O)O. The summed E-state index contributed by atoms with van der Waals surface area (Å²) in [5, 5.41) is -3.87. The minimum Gasteiger partial charge on any atom is -0.466 e. The van der Waals surface area contributed by atoms with Crippen molar-refractivity contribution >= 4 is 44.1 Å². The highest BCUT2D eigenvalue weighted by Crippen LogP contribution is 2.11. The Morgan fingerprint density at radius 1 is 0.600 bits per heavy atom. The molecule has 0 aliphatic heterocycles. The van der Waals surface area contributed by atoms with Crippen LogP contribution in [0.25, 0.3) is 0 Å². The second-order valence-electron chi connectivity index (χ2n) is 9.61. The number of carbonyl (C=O) groups excluding carboxylic acids is 4. The summed E-state index contributed by atoms with van der Waals surface area (Å²) < 4.78 is 81.5. The van der Waals surface area contributed by atoms with E-state index in [2.05, 4.69) is 0 Å². The van der Waals surface area contributed by atoms with Gasteiger partial charge in [0.15, 0.2) is 10.5 Å². The van der Waals surface area contributed by atoms with Crippen LogP contribution in [0.1, 0.15) is 80.1 Å². The Hall–Kier alpha value is -2.30. The molecule has 14 nitrogen and oxygen atoms in total. The van der Waals surface area contributed by atoms with E-state index >= 15 is 0 Å². The monoisotopic (exact) mass is 620 g/mol. The molecule has 2 atom stereocenters. The summed E-state index contributed by atoms with van der Waals surface area (Å²) in [5.41, 5.74) is 0. The van der Waals surface area contributed by atoms with Crippen LogP contribution in [0.5, 0.6) is 0 Å². The van der Waals surface area contributed by atoms with Crippen LogP contribution in [-0.4, -0.2) is 86.7 Å². The zero-order valence-corrected chi connectivity index (χ0v) is 25.6. The smallest absolute Gasteiger partial charge is 0.327 e. The van der Waals surface area contributed by atoms with Gasteiger partial charge in [0.05, 0.1) is 39.3 Å². The lowest BCUT2D eigenvalue weighted by molar-refractivity contribution is -0.151. The number of hydrogen-bond donors (Lipinski definition) is 2. The summed E-state index contributed by atoms with van der Waals surface area (Å²) in [6.07, 6.45) is 1.29. The average Bonchev–Trinajstić information content (AvgIpc) is 2.82. The van der Waals surface area contributed by atoms with E-state index in [1.165, 1.54) is 0 Å². The van der Waals surface area contributed by atoms with Gasteiger partial charge in [-0.1, -0.05) is 54.4 Å². The van der Waals surface area contributed by atoms with Crippen LogP contribution < -0.4 is 0 Å². The molecular formula is C24H44O14S2. The number of rotatable bonds is 18. The lowest BCUT2D eigenvalue weighted by Gasteiger charge is -2.14. The summed E-state index contributed by atoms with van der Waals surface area (Å²) in [6, 6.07) is 0. The van der Waals surface area contributed by atoms with Gasteiger partial charge in [-0.2, -0.15) is 16.8 Å². The van der Waals surface area contributed by atoms with Crippen LogP contribution in [-0.2, 0) is 58.4 Å². The molecular weight excluding hydrogens is 576 g/mol. The van der Waals surface area contributed by atoms with E-state index in [4.69, 9.17) is 28.1 Å². The summed E-state index contributed by atoms with van der Waals surface area (Å²) in [7, 11) is -9.42. The molecule has 0 spiro atoms. The highest BCUT2D eigenvalue weighted by Gasteiger charge is 2.36. The van der Waals surface area contributed by atoms with Crippen molar-refractivity contribution in [3.63, 3.8) is 0 Å². The van der Waals surface area contributed by atoms with Crippen LogP contribution >= 0.6 is 0 Å². The van der Waals surface area contributed by atoms with Crippen molar-refractivity contribution in [1.29, 1.82) is 0 Å². The predicted molar refractivity (Wildman–Crippen MR) is 143 cm³/mol. The lowest BCUT2D eigenvalue weighted by Crippen LogP contribution is -2.35. The summed E-state index contributed by atoms with van der Waals surface area (Å²) >= 11 is 0. The molecule has 0 heterocycles. The summed E-state index contributed by atoms with van der Waals surface area (Å²) in [5.74, 6) is -3.92. The van der Waals surface area contributed by atoms with Crippen LogP contribution in [0.2, 0.25) is 0 Å². The van der Waals surface area contributed by atoms with Gasteiger partial charge in [0.25, 0.3) is 20.2 Å². The van der Waals surface area contributed by atoms with Crippen molar-refractivity contribution in [3.8, 4) is 0 Å². The lowest BCUT2D eigenvalue weighted by atomic mass is 10.2. The minimum atomic E-state index is -4.72. The van der Waals surface area contributed by atoms with Crippen molar-refractivity contribution in [2.75, 3.05) is 26.4 Å². The fraction of sp³-hybridized carbons (Fsp3) is 0.833. The molecule has 236 valence electrons. The van der Waals surface area contributed by atoms with Gasteiger partial charge in [0.1, 0.15) is 0 Å². The second kappa shape index (κ2) is 20.6. The Bertz CT molecular complexity index is 987. The highest BCUT2D eigenvalue weighted by atomic mass is 32.2. The van der Waals surface area contributed by atoms with Gasteiger partial charge in [-0.3, -0.25) is 28.3 Å². The zero-order chi connectivity index (χ0) is 31.5. The topological polar surface area (TPSA) is 214 Å². The maximum Gasteiger partial charge on any atom is 0.327 e. The Labute approximate surface area is 236 Å². The summed E-state index contributed by atoms with van der Waals surface area (Å²) in [6.45, 7) is 11.3. The Morgan fingerprint density at radius 2 is 0.950 bits per heavy atom. The number of carbonyl (C=O) groups is 4. The molecule has 0 aliphatic carbocycles. The first-order valence-electron chi connectivity index (χ1n) is 12.9. The maximum atomic E-state index is 11.6. The molecule has 0 saturated carbocycles. The predicted octanol–water partition coefficient (Wildman–Crippen LogP) is 2.35. The van der Waals surface area contributed by atoms with E-state index in [0.29, 0.717) is 12.8 Å². The van der Waals surface area contributed by atoms with E-state index in [-0.39, 0.29) is 38.3 Å². The van der Waals surface area contributed by atoms with Crippen molar-refractivity contribution in [2.24, 2.45) is 11.8 Å². The number of hydrogen-bond acceptors (Lipinski definition) is 12. The van der Waals surface area contributed by atoms with E-state index < -0.39 is 67.5 Å². The maximum absolute atomic E-state index is 11.6.